The van der Waals surface area contributed by atoms with Crippen LogP contribution in [-0.2, 0) is 16.1 Å². The number of benzene rings is 1. The molecule has 1 saturated carbocycles. The Hall–Kier alpha value is -2.97. The maximum absolute atomic E-state index is 13.5. The van der Waals surface area contributed by atoms with Gasteiger partial charge in [0.25, 0.3) is 5.91 Å². The van der Waals surface area contributed by atoms with Gasteiger partial charge in [-0.25, -0.2) is 0 Å². The summed E-state index contributed by atoms with van der Waals surface area (Å²) in [5.74, 6) is -0.761. The molecule has 0 aliphatic heterocycles. The van der Waals surface area contributed by atoms with Gasteiger partial charge in [0.1, 0.15) is 6.04 Å². The highest BCUT2D eigenvalue weighted by molar-refractivity contribution is 7.12. The molecule has 1 fully saturated rings. The SMILES string of the molecule is O=C(NCC(=O)N(Cc1ccccc1)C(C(=O)NC1CCCC1)c1cccs1)c1cccs1. The lowest BCUT2D eigenvalue weighted by Gasteiger charge is -2.31. The van der Waals surface area contributed by atoms with Gasteiger partial charge < -0.3 is 15.5 Å². The highest BCUT2D eigenvalue weighted by Crippen LogP contribution is 2.29. The van der Waals surface area contributed by atoms with Crippen molar-refractivity contribution in [3.8, 4) is 0 Å². The Balaban J connectivity index is 1.57. The third kappa shape index (κ3) is 6.09. The first kappa shape index (κ1) is 23.2. The molecular weight excluding hydrogens is 454 g/mol. The van der Waals surface area contributed by atoms with Crippen LogP contribution in [0, 0.1) is 0 Å². The fraction of sp³-hybridized carbons (Fsp3) is 0.320. The zero-order valence-corrected chi connectivity index (χ0v) is 19.9. The highest BCUT2D eigenvalue weighted by Gasteiger charge is 2.34. The lowest BCUT2D eigenvalue weighted by Crippen LogP contribution is -2.48. The third-order valence-electron chi connectivity index (χ3n) is 5.74. The van der Waals surface area contributed by atoms with E-state index in [1.807, 2.05) is 53.2 Å². The number of hydrogen-bond acceptors (Lipinski definition) is 5. The van der Waals surface area contributed by atoms with Crippen molar-refractivity contribution in [2.75, 3.05) is 6.54 Å². The van der Waals surface area contributed by atoms with Crippen molar-refractivity contribution in [3.05, 3.63) is 80.7 Å². The van der Waals surface area contributed by atoms with E-state index in [0.29, 0.717) is 4.88 Å². The first-order valence-corrected chi connectivity index (χ1v) is 12.9. The summed E-state index contributed by atoms with van der Waals surface area (Å²) in [6.07, 6.45) is 4.14. The number of thiophene rings is 2. The predicted molar refractivity (Wildman–Crippen MR) is 131 cm³/mol. The molecule has 33 heavy (non-hydrogen) atoms. The molecule has 6 nitrogen and oxygen atoms in total. The van der Waals surface area contributed by atoms with Crippen molar-refractivity contribution < 1.29 is 14.4 Å². The minimum atomic E-state index is -0.753. The van der Waals surface area contributed by atoms with Crippen molar-refractivity contribution >= 4 is 40.4 Å². The van der Waals surface area contributed by atoms with E-state index in [1.165, 1.54) is 22.7 Å². The molecule has 3 amide bonds. The molecule has 1 unspecified atom stereocenters. The molecule has 2 N–H and O–H groups in total. The molecule has 8 heteroatoms. The molecule has 1 atom stereocenters. The van der Waals surface area contributed by atoms with Crippen LogP contribution in [0.3, 0.4) is 0 Å². The van der Waals surface area contributed by atoms with E-state index >= 15 is 0 Å². The van der Waals surface area contributed by atoms with E-state index in [-0.39, 0.29) is 36.9 Å². The molecule has 4 rings (SSSR count). The Morgan fingerprint density at radius 2 is 1.67 bits per heavy atom. The number of carbonyl (C=O) groups excluding carboxylic acids is 3. The van der Waals surface area contributed by atoms with Gasteiger partial charge in [0, 0.05) is 17.5 Å². The maximum Gasteiger partial charge on any atom is 0.261 e. The summed E-state index contributed by atoms with van der Waals surface area (Å²) in [6, 6.07) is 16.3. The van der Waals surface area contributed by atoms with Gasteiger partial charge in [0.05, 0.1) is 11.4 Å². The zero-order chi connectivity index (χ0) is 23.0. The summed E-state index contributed by atoms with van der Waals surface area (Å²) in [5.41, 5.74) is 0.922. The van der Waals surface area contributed by atoms with E-state index in [0.717, 1.165) is 36.1 Å². The van der Waals surface area contributed by atoms with Gasteiger partial charge in [-0.2, -0.15) is 0 Å². The first-order chi connectivity index (χ1) is 16.1. The average Bonchev–Trinajstić information content (AvgIpc) is 3.61. The van der Waals surface area contributed by atoms with Crippen LogP contribution >= 0.6 is 22.7 Å². The van der Waals surface area contributed by atoms with Crippen LogP contribution < -0.4 is 10.6 Å². The van der Waals surface area contributed by atoms with Crippen LogP contribution in [0.1, 0.15) is 51.8 Å². The van der Waals surface area contributed by atoms with Crippen LogP contribution in [0.4, 0.5) is 0 Å². The molecule has 1 aliphatic rings. The van der Waals surface area contributed by atoms with Crippen LogP contribution in [0.15, 0.2) is 65.4 Å². The van der Waals surface area contributed by atoms with E-state index < -0.39 is 6.04 Å². The van der Waals surface area contributed by atoms with Crippen molar-refractivity contribution in [2.45, 2.75) is 44.3 Å². The zero-order valence-electron chi connectivity index (χ0n) is 18.2. The molecule has 1 aliphatic carbocycles. The smallest absolute Gasteiger partial charge is 0.261 e. The highest BCUT2D eigenvalue weighted by atomic mass is 32.1. The first-order valence-electron chi connectivity index (χ1n) is 11.1. The molecule has 2 aromatic heterocycles. The standard InChI is InChI=1S/C25H27N3O3S2/c29-22(16-26-24(30)21-13-7-15-33-21)28(17-18-8-2-1-3-9-18)23(20-12-6-14-32-20)25(31)27-19-10-4-5-11-19/h1-3,6-9,12-15,19,23H,4-5,10-11,16-17H2,(H,26,30)(H,27,31). The Kier molecular flexibility index (Phi) is 7.91. The molecule has 172 valence electrons. The quantitative estimate of drug-likeness (QED) is 0.476. The number of amides is 3. The second kappa shape index (κ2) is 11.2. The van der Waals surface area contributed by atoms with E-state index in [9.17, 15) is 14.4 Å². The normalized spacial score (nSPS) is 14.5. The second-order valence-corrected chi connectivity index (χ2v) is 10.0. The van der Waals surface area contributed by atoms with Gasteiger partial charge in [-0.1, -0.05) is 55.3 Å². The predicted octanol–water partition coefficient (Wildman–Crippen LogP) is 4.37. The van der Waals surface area contributed by atoms with Crippen molar-refractivity contribution in [1.29, 1.82) is 0 Å². The second-order valence-electron chi connectivity index (χ2n) is 8.08. The van der Waals surface area contributed by atoms with Gasteiger partial charge >= 0.3 is 0 Å². The van der Waals surface area contributed by atoms with Crippen LogP contribution in [0.5, 0.6) is 0 Å². The molecule has 3 aromatic rings. The summed E-state index contributed by atoms with van der Waals surface area (Å²) in [6.45, 7) is 0.0946. The fourth-order valence-electron chi connectivity index (χ4n) is 4.08. The van der Waals surface area contributed by atoms with Crippen LogP contribution in [-0.4, -0.2) is 35.2 Å². The van der Waals surface area contributed by atoms with E-state index in [2.05, 4.69) is 10.6 Å². The lowest BCUT2D eigenvalue weighted by atomic mass is 10.1. The summed E-state index contributed by atoms with van der Waals surface area (Å²) >= 11 is 2.78. The molecule has 0 spiro atoms. The Labute approximate surface area is 201 Å². The lowest BCUT2D eigenvalue weighted by molar-refractivity contribution is -0.141. The molecule has 2 heterocycles. The molecule has 0 bridgehead atoms. The average molecular weight is 482 g/mol. The number of rotatable bonds is 9. The van der Waals surface area contributed by atoms with Gasteiger partial charge in [-0.15, -0.1) is 22.7 Å². The number of nitrogens with zero attached hydrogens (tertiary/aromatic N) is 1. The Morgan fingerprint density at radius 1 is 0.939 bits per heavy atom. The Bertz CT molecular complexity index is 1050. The molecular formula is C25H27N3O3S2. The molecule has 0 radical (unpaired) electrons. The van der Waals surface area contributed by atoms with Crippen LogP contribution in [0.25, 0.3) is 0 Å². The van der Waals surface area contributed by atoms with Crippen molar-refractivity contribution in [2.24, 2.45) is 0 Å². The van der Waals surface area contributed by atoms with Gasteiger partial charge in [0.2, 0.25) is 11.8 Å². The fourth-order valence-corrected chi connectivity index (χ4v) is 5.55. The van der Waals surface area contributed by atoms with E-state index in [4.69, 9.17) is 0 Å². The maximum atomic E-state index is 13.5. The minimum Gasteiger partial charge on any atom is -0.351 e. The van der Waals surface area contributed by atoms with Crippen molar-refractivity contribution in [1.82, 2.24) is 15.5 Å². The largest absolute Gasteiger partial charge is 0.351 e. The van der Waals surface area contributed by atoms with Gasteiger partial charge in [-0.3, -0.25) is 14.4 Å². The molecule has 0 saturated heterocycles. The topological polar surface area (TPSA) is 78.5 Å². The van der Waals surface area contributed by atoms with Gasteiger partial charge in [0.15, 0.2) is 0 Å². The summed E-state index contributed by atoms with van der Waals surface area (Å²) in [7, 11) is 0. The van der Waals surface area contributed by atoms with E-state index in [1.54, 1.807) is 17.0 Å². The monoisotopic (exact) mass is 481 g/mol. The molecule has 1 aromatic carbocycles. The number of carbonyl (C=O) groups is 3. The number of nitrogens with one attached hydrogen (secondary N) is 2. The summed E-state index contributed by atoms with van der Waals surface area (Å²) < 4.78 is 0. The summed E-state index contributed by atoms with van der Waals surface area (Å²) in [4.78, 5) is 42.3. The number of hydrogen-bond donors (Lipinski definition) is 2. The van der Waals surface area contributed by atoms with Crippen molar-refractivity contribution in [3.63, 3.8) is 0 Å². The van der Waals surface area contributed by atoms with Gasteiger partial charge in [-0.05, 0) is 41.3 Å². The summed E-state index contributed by atoms with van der Waals surface area (Å²) in [5, 5.41) is 9.61. The van der Waals surface area contributed by atoms with Crippen LogP contribution in [0.2, 0.25) is 0 Å². The minimum absolute atomic E-state index is 0.146. The Morgan fingerprint density at radius 3 is 2.33 bits per heavy atom. The third-order valence-corrected chi connectivity index (χ3v) is 7.53.